The van der Waals surface area contributed by atoms with Crippen molar-refractivity contribution in [2.45, 2.75) is 71.6 Å². The molecule has 0 heterocycles. The van der Waals surface area contributed by atoms with Crippen molar-refractivity contribution in [2.24, 2.45) is 17.8 Å². The van der Waals surface area contributed by atoms with E-state index in [1.165, 1.54) is 6.42 Å². The number of rotatable bonds is 4. The Hall–Kier alpha value is -1.84. The third-order valence-electron chi connectivity index (χ3n) is 5.75. The standard InChI is InChI=1S/C22H30O4/c1-15-8-10-18(11-9-15)22(24)26-20-13-16(2)12-19(14-20)25-21(23)17-6-4-3-5-7-17/h12-15,17-18H,3-11H2,1-2H3/t15-,18-. The van der Waals surface area contributed by atoms with E-state index in [4.69, 9.17) is 9.47 Å². The minimum Gasteiger partial charge on any atom is -0.426 e. The van der Waals surface area contributed by atoms with E-state index in [0.717, 1.165) is 56.9 Å². The van der Waals surface area contributed by atoms with Crippen molar-refractivity contribution in [2.75, 3.05) is 0 Å². The van der Waals surface area contributed by atoms with Crippen molar-refractivity contribution in [3.8, 4) is 11.5 Å². The van der Waals surface area contributed by atoms with Crippen LogP contribution >= 0.6 is 0 Å². The highest BCUT2D eigenvalue weighted by molar-refractivity contribution is 5.77. The molecule has 0 bridgehead atoms. The fourth-order valence-electron chi connectivity index (χ4n) is 4.06. The third kappa shape index (κ3) is 5.09. The molecule has 4 heteroatoms. The lowest BCUT2D eigenvalue weighted by Gasteiger charge is -2.24. The molecule has 142 valence electrons. The van der Waals surface area contributed by atoms with Crippen LogP contribution in [0.15, 0.2) is 18.2 Å². The van der Waals surface area contributed by atoms with E-state index in [0.29, 0.717) is 17.4 Å². The lowest BCUT2D eigenvalue weighted by molar-refractivity contribution is -0.140. The average Bonchev–Trinajstić information content (AvgIpc) is 2.62. The Bertz CT molecular complexity index is 638. The molecule has 0 unspecified atom stereocenters. The molecule has 26 heavy (non-hydrogen) atoms. The summed E-state index contributed by atoms with van der Waals surface area (Å²) in [5.41, 5.74) is 0.916. The fraction of sp³-hybridized carbons (Fsp3) is 0.636. The van der Waals surface area contributed by atoms with E-state index in [2.05, 4.69) is 6.92 Å². The van der Waals surface area contributed by atoms with Gasteiger partial charge in [-0.3, -0.25) is 9.59 Å². The Labute approximate surface area is 156 Å². The Morgan fingerprint density at radius 1 is 0.769 bits per heavy atom. The third-order valence-corrected chi connectivity index (χ3v) is 5.75. The molecule has 0 atom stereocenters. The summed E-state index contributed by atoms with van der Waals surface area (Å²) in [6, 6.07) is 5.30. The molecule has 2 saturated carbocycles. The molecule has 0 N–H and O–H groups in total. The maximum Gasteiger partial charge on any atom is 0.314 e. The maximum absolute atomic E-state index is 12.4. The smallest absolute Gasteiger partial charge is 0.314 e. The van der Waals surface area contributed by atoms with E-state index in [1.807, 2.05) is 19.1 Å². The molecule has 0 saturated heterocycles. The number of ether oxygens (including phenoxy) is 2. The Morgan fingerprint density at radius 3 is 1.81 bits per heavy atom. The molecule has 0 radical (unpaired) electrons. The molecule has 2 fully saturated rings. The van der Waals surface area contributed by atoms with Crippen LogP contribution in [0.5, 0.6) is 11.5 Å². The van der Waals surface area contributed by atoms with Crippen LogP contribution in [0.4, 0.5) is 0 Å². The number of carbonyl (C=O) groups is 2. The van der Waals surface area contributed by atoms with E-state index in [-0.39, 0.29) is 23.8 Å². The minimum atomic E-state index is -0.160. The van der Waals surface area contributed by atoms with Crippen LogP contribution in [-0.4, -0.2) is 11.9 Å². The predicted octanol–water partition coefficient (Wildman–Crippen LogP) is 5.21. The number of hydrogen-bond donors (Lipinski definition) is 0. The average molecular weight is 358 g/mol. The summed E-state index contributed by atoms with van der Waals surface area (Å²) in [7, 11) is 0. The van der Waals surface area contributed by atoms with Gasteiger partial charge in [-0.05, 0) is 69.1 Å². The summed E-state index contributed by atoms with van der Waals surface area (Å²) in [6.07, 6.45) is 9.17. The molecule has 2 aliphatic rings. The van der Waals surface area contributed by atoms with Crippen molar-refractivity contribution >= 4 is 11.9 Å². The van der Waals surface area contributed by atoms with Gasteiger partial charge in [0.2, 0.25) is 0 Å². The van der Waals surface area contributed by atoms with Gasteiger partial charge in [-0.25, -0.2) is 0 Å². The molecular weight excluding hydrogens is 328 g/mol. The van der Waals surface area contributed by atoms with E-state index in [9.17, 15) is 9.59 Å². The van der Waals surface area contributed by atoms with Gasteiger partial charge in [0.05, 0.1) is 11.8 Å². The van der Waals surface area contributed by atoms with Crippen molar-refractivity contribution in [1.29, 1.82) is 0 Å². The van der Waals surface area contributed by atoms with Gasteiger partial charge in [0.25, 0.3) is 0 Å². The van der Waals surface area contributed by atoms with E-state index in [1.54, 1.807) is 6.07 Å². The van der Waals surface area contributed by atoms with Gasteiger partial charge in [0, 0.05) is 6.07 Å². The first-order chi connectivity index (χ1) is 12.5. The fourth-order valence-corrected chi connectivity index (χ4v) is 4.06. The number of benzene rings is 1. The van der Waals surface area contributed by atoms with Crippen LogP contribution in [0, 0.1) is 24.7 Å². The number of aryl methyl sites for hydroxylation is 1. The lowest BCUT2D eigenvalue weighted by Crippen LogP contribution is -2.25. The summed E-state index contributed by atoms with van der Waals surface area (Å²) >= 11 is 0. The van der Waals surface area contributed by atoms with Crippen molar-refractivity contribution in [1.82, 2.24) is 0 Å². The van der Waals surface area contributed by atoms with Gasteiger partial charge in [-0.2, -0.15) is 0 Å². The number of esters is 2. The highest BCUT2D eigenvalue weighted by atomic mass is 16.5. The predicted molar refractivity (Wildman–Crippen MR) is 100 cm³/mol. The zero-order valence-electron chi connectivity index (χ0n) is 16.0. The first kappa shape index (κ1) is 18.9. The molecule has 0 aromatic heterocycles. The van der Waals surface area contributed by atoms with Gasteiger partial charge < -0.3 is 9.47 Å². The topological polar surface area (TPSA) is 52.6 Å². The first-order valence-corrected chi connectivity index (χ1v) is 10.1. The van der Waals surface area contributed by atoms with Crippen molar-refractivity contribution < 1.29 is 19.1 Å². The minimum absolute atomic E-state index is 0.000471. The van der Waals surface area contributed by atoms with Crippen LogP contribution < -0.4 is 9.47 Å². The van der Waals surface area contributed by atoms with E-state index < -0.39 is 0 Å². The van der Waals surface area contributed by atoms with Crippen LogP contribution in [-0.2, 0) is 9.59 Å². The summed E-state index contributed by atoms with van der Waals surface area (Å²) in [5, 5.41) is 0. The van der Waals surface area contributed by atoms with Gasteiger partial charge in [0.1, 0.15) is 11.5 Å². The lowest BCUT2D eigenvalue weighted by atomic mass is 9.83. The molecule has 2 aliphatic carbocycles. The van der Waals surface area contributed by atoms with Gasteiger partial charge >= 0.3 is 11.9 Å². The second-order valence-corrected chi connectivity index (χ2v) is 8.12. The molecule has 1 aromatic rings. The SMILES string of the molecule is Cc1cc(OC(=O)C2CCCCC2)cc(OC(=O)[C@H]2CC[C@H](C)CC2)c1. The molecule has 0 spiro atoms. The number of carbonyl (C=O) groups excluding carboxylic acids is 2. The molecule has 0 amide bonds. The van der Waals surface area contributed by atoms with Crippen LogP contribution in [0.25, 0.3) is 0 Å². The zero-order chi connectivity index (χ0) is 18.5. The molecule has 0 aliphatic heterocycles. The Balaban J connectivity index is 1.61. The largest absolute Gasteiger partial charge is 0.426 e. The van der Waals surface area contributed by atoms with Crippen LogP contribution in [0.1, 0.15) is 70.3 Å². The van der Waals surface area contributed by atoms with Crippen LogP contribution in [0.2, 0.25) is 0 Å². The second kappa shape index (κ2) is 8.70. The zero-order valence-corrected chi connectivity index (χ0v) is 16.0. The summed E-state index contributed by atoms with van der Waals surface area (Å²) in [5.74, 6) is 1.31. The van der Waals surface area contributed by atoms with Crippen molar-refractivity contribution in [3.05, 3.63) is 23.8 Å². The molecular formula is C22H30O4. The molecule has 1 aromatic carbocycles. The first-order valence-electron chi connectivity index (χ1n) is 10.1. The summed E-state index contributed by atoms with van der Waals surface area (Å²) < 4.78 is 11.2. The van der Waals surface area contributed by atoms with Crippen molar-refractivity contribution in [3.63, 3.8) is 0 Å². The summed E-state index contributed by atoms with van der Waals surface area (Å²) in [4.78, 5) is 24.8. The Kier molecular flexibility index (Phi) is 6.33. The molecule has 3 rings (SSSR count). The number of hydrogen-bond acceptors (Lipinski definition) is 4. The maximum atomic E-state index is 12.4. The Morgan fingerprint density at radius 2 is 1.27 bits per heavy atom. The highest BCUT2D eigenvalue weighted by Crippen LogP contribution is 2.31. The van der Waals surface area contributed by atoms with E-state index >= 15 is 0 Å². The van der Waals surface area contributed by atoms with Gasteiger partial charge in [0.15, 0.2) is 0 Å². The quantitative estimate of drug-likeness (QED) is 0.547. The molecule has 4 nitrogen and oxygen atoms in total. The second-order valence-electron chi connectivity index (χ2n) is 8.12. The van der Waals surface area contributed by atoms with Gasteiger partial charge in [-0.15, -0.1) is 0 Å². The van der Waals surface area contributed by atoms with Gasteiger partial charge in [-0.1, -0.05) is 26.2 Å². The highest BCUT2D eigenvalue weighted by Gasteiger charge is 2.26. The monoisotopic (exact) mass is 358 g/mol. The normalized spacial score (nSPS) is 24.1. The summed E-state index contributed by atoms with van der Waals surface area (Å²) in [6.45, 7) is 4.15. The van der Waals surface area contributed by atoms with Crippen LogP contribution in [0.3, 0.4) is 0 Å².